The van der Waals surface area contributed by atoms with Crippen molar-refractivity contribution >= 4 is 32.7 Å². The van der Waals surface area contributed by atoms with E-state index in [-0.39, 0.29) is 23.4 Å². The number of ether oxygens (including phenoxy) is 1. The lowest BCUT2D eigenvalue weighted by Crippen LogP contribution is -2.47. The van der Waals surface area contributed by atoms with Crippen LogP contribution in [0.2, 0.25) is 0 Å². The summed E-state index contributed by atoms with van der Waals surface area (Å²) in [4.78, 5) is 36.3. The number of rotatable bonds is 5. The molecule has 1 N–H and O–H groups in total. The van der Waals surface area contributed by atoms with Gasteiger partial charge in [-0.25, -0.2) is 13.4 Å². The number of H-pyrrole nitrogens is 1. The lowest BCUT2D eigenvalue weighted by molar-refractivity contribution is -0.116. The Bertz CT molecular complexity index is 1520. The maximum Gasteiger partial charge on any atom is 0.277 e. The third kappa shape index (κ3) is 3.96. The smallest absolute Gasteiger partial charge is 0.277 e. The van der Waals surface area contributed by atoms with Crippen LogP contribution in [0.25, 0.3) is 22.4 Å². The molecule has 4 heterocycles. The largest absolute Gasteiger partial charge is 0.470 e. The third-order valence-corrected chi connectivity index (χ3v) is 8.53. The number of anilines is 1. The Balaban J connectivity index is 1.72. The van der Waals surface area contributed by atoms with E-state index in [1.165, 1.54) is 32.9 Å². The van der Waals surface area contributed by atoms with Gasteiger partial charge in [0.25, 0.3) is 5.56 Å². The van der Waals surface area contributed by atoms with E-state index in [0.717, 1.165) is 6.42 Å². The topological polar surface area (TPSA) is 134 Å². The molecule has 13 heteroatoms. The zero-order valence-electron chi connectivity index (χ0n) is 20.7. The number of hydrogen-bond donors (Lipinski definition) is 1. The number of aromatic nitrogens is 4. The van der Waals surface area contributed by atoms with Crippen molar-refractivity contribution in [3.8, 4) is 17.1 Å². The maximum atomic E-state index is 13.6. The summed E-state index contributed by atoms with van der Waals surface area (Å²) in [6.45, 7) is 5.29. The fraction of sp³-hybridized carbons (Fsp3) is 0.478. The monoisotopic (exact) mass is 515 g/mol. The van der Waals surface area contributed by atoms with Gasteiger partial charge in [0.2, 0.25) is 15.9 Å². The van der Waals surface area contributed by atoms with Gasteiger partial charge in [0.15, 0.2) is 18.0 Å². The number of hydrogen-bond acceptors (Lipinski definition) is 8. The zero-order chi connectivity index (χ0) is 25.8. The molecule has 192 valence electrons. The lowest BCUT2D eigenvalue weighted by atomic mass is 10.1. The fourth-order valence-electron chi connectivity index (χ4n) is 4.68. The van der Waals surface area contributed by atoms with E-state index in [9.17, 15) is 18.0 Å². The second-order valence-electron chi connectivity index (χ2n) is 9.18. The van der Waals surface area contributed by atoms with Gasteiger partial charge in [-0.3, -0.25) is 19.2 Å². The first-order valence-corrected chi connectivity index (χ1v) is 13.3. The normalized spacial score (nSPS) is 16.9. The number of fused-ring (bicyclic) bond motifs is 2. The molecule has 0 saturated carbocycles. The molecule has 1 aromatic carbocycles. The van der Waals surface area contributed by atoms with Crippen LogP contribution in [0.1, 0.15) is 26.0 Å². The molecule has 2 aromatic heterocycles. The molecular formula is C23H29N7O5S. The van der Waals surface area contributed by atoms with Gasteiger partial charge in [-0.05, 0) is 25.6 Å². The second kappa shape index (κ2) is 8.98. The minimum absolute atomic E-state index is 0.0141. The molecule has 0 unspecified atom stereocenters. The van der Waals surface area contributed by atoms with Crippen molar-refractivity contribution in [2.75, 3.05) is 44.9 Å². The van der Waals surface area contributed by atoms with E-state index in [1.54, 1.807) is 7.05 Å². The Labute approximate surface area is 208 Å². The Morgan fingerprint density at radius 2 is 1.89 bits per heavy atom. The van der Waals surface area contributed by atoms with E-state index < -0.39 is 15.6 Å². The minimum atomic E-state index is -3.88. The van der Waals surface area contributed by atoms with E-state index in [0.29, 0.717) is 66.3 Å². The van der Waals surface area contributed by atoms with Gasteiger partial charge in [-0.15, -0.1) is 0 Å². The number of piperazine rings is 1. The van der Waals surface area contributed by atoms with E-state index in [1.807, 2.05) is 14.0 Å². The Morgan fingerprint density at radius 3 is 2.56 bits per heavy atom. The minimum Gasteiger partial charge on any atom is -0.470 e. The number of amides is 1. The van der Waals surface area contributed by atoms with Crippen molar-refractivity contribution in [2.45, 2.75) is 31.6 Å². The summed E-state index contributed by atoms with van der Waals surface area (Å²) in [6, 6.07) is 2.93. The van der Waals surface area contributed by atoms with Crippen LogP contribution in [-0.4, -0.2) is 83.2 Å². The quantitative estimate of drug-likeness (QED) is 0.530. The van der Waals surface area contributed by atoms with Gasteiger partial charge in [0.05, 0.1) is 21.8 Å². The van der Waals surface area contributed by atoms with Crippen LogP contribution in [0.3, 0.4) is 0 Å². The summed E-state index contributed by atoms with van der Waals surface area (Å²) in [6.07, 6.45) is 1.46. The predicted molar refractivity (Wildman–Crippen MR) is 133 cm³/mol. The van der Waals surface area contributed by atoms with Crippen LogP contribution < -0.4 is 15.2 Å². The van der Waals surface area contributed by atoms with Crippen LogP contribution in [0.4, 0.5) is 5.69 Å². The number of aromatic amines is 1. The summed E-state index contributed by atoms with van der Waals surface area (Å²) in [5.41, 5.74) is 1.72. The molecule has 3 aromatic rings. The van der Waals surface area contributed by atoms with Crippen molar-refractivity contribution in [3.05, 3.63) is 28.2 Å². The molecule has 1 saturated heterocycles. The fourth-order valence-corrected chi connectivity index (χ4v) is 6.15. The van der Waals surface area contributed by atoms with Crippen LogP contribution in [-0.2, 0) is 28.3 Å². The highest BCUT2D eigenvalue weighted by atomic mass is 32.2. The van der Waals surface area contributed by atoms with Crippen molar-refractivity contribution in [1.29, 1.82) is 0 Å². The summed E-state index contributed by atoms with van der Waals surface area (Å²) in [5, 5.41) is 4.45. The third-order valence-electron chi connectivity index (χ3n) is 6.66. The molecule has 0 bridgehead atoms. The number of benzene rings is 1. The highest BCUT2D eigenvalue weighted by Crippen LogP contribution is 2.44. The molecule has 0 aliphatic carbocycles. The van der Waals surface area contributed by atoms with Crippen molar-refractivity contribution in [2.24, 2.45) is 7.05 Å². The average molecular weight is 516 g/mol. The average Bonchev–Trinajstić information content (AvgIpc) is 3.40. The second-order valence-corrected chi connectivity index (χ2v) is 11.1. The first-order chi connectivity index (χ1) is 17.1. The van der Waals surface area contributed by atoms with Gasteiger partial charge in [-0.2, -0.15) is 9.40 Å². The van der Waals surface area contributed by atoms with E-state index in [2.05, 4.69) is 15.0 Å². The van der Waals surface area contributed by atoms with Gasteiger partial charge < -0.3 is 14.6 Å². The van der Waals surface area contributed by atoms with E-state index >= 15 is 0 Å². The van der Waals surface area contributed by atoms with Crippen LogP contribution >= 0.6 is 0 Å². The zero-order valence-corrected chi connectivity index (χ0v) is 21.6. The molecule has 0 spiro atoms. The molecule has 1 fully saturated rings. The Morgan fingerprint density at radius 1 is 1.17 bits per heavy atom. The summed E-state index contributed by atoms with van der Waals surface area (Å²) in [7, 11) is -0.240. The van der Waals surface area contributed by atoms with Gasteiger partial charge in [-0.1, -0.05) is 13.3 Å². The molecule has 2 aliphatic rings. The molecule has 0 atom stereocenters. The predicted octanol–water partition coefficient (Wildman–Crippen LogP) is 0.915. The van der Waals surface area contributed by atoms with Gasteiger partial charge in [0, 0.05) is 40.2 Å². The molecule has 0 radical (unpaired) electrons. The number of aryl methyl sites for hydroxylation is 2. The van der Waals surface area contributed by atoms with Crippen molar-refractivity contribution in [3.63, 3.8) is 0 Å². The summed E-state index contributed by atoms with van der Waals surface area (Å²) >= 11 is 0. The Hall–Kier alpha value is -3.29. The van der Waals surface area contributed by atoms with E-state index in [4.69, 9.17) is 9.72 Å². The van der Waals surface area contributed by atoms with Gasteiger partial charge >= 0.3 is 0 Å². The molecule has 2 aliphatic heterocycles. The van der Waals surface area contributed by atoms with Crippen molar-refractivity contribution < 1.29 is 17.9 Å². The van der Waals surface area contributed by atoms with Gasteiger partial charge in [0.1, 0.15) is 11.3 Å². The number of carbonyl (C=O) groups excluding carboxylic acids is 1. The highest BCUT2D eigenvalue weighted by Gasteiger charge is 2.34. The number of likely N-dealkylation sites (N-methyl/N-ethyl adjacent to an activating group) is 1. The van der Waals surface area contributed by atoms with Crippen molar-refractivity contribution in [1.82, 2.24) is 29.0 Å². The molecule has 5 rings (SSSR count). The number of carbonyl (C=O) groups is 1. The first kappa shape index (κ1) is 24.4. The number of nitrogens with zero attached hydrogens (tertiary/aromatic N) is 6. The standard InChI is InChI=1S/C23H29N7O5S/c1-5-6-17-19-20(28(4)26-17)23(32)25-22(24-19)16-11-15(12-18-21(16)35-13-30(18)14(2)31)36(33,34)29-9-7-27(3)8-10-29/h11-12H,5-10,13H2,1-4H3,(H,24,25,32). The SMILES string of the molecule is CCCc1nn(C)c2c(=O)[nH]c(-c3cc(S(=O)(=O)N4CCN(C)CC4)cc4c3OCN4C(C)=O)nc12. The van der Waals surface area contributed by atoms with Crippen LogP contribution in [0.15, 0.2) is 21.8 Å². The lowest BCUT2D eigenvalue weighted by Gasteiger charge is -2.31. The highest BCUT2D eigenvalue weighted by molar-refractivity contribution is 7.89. The molecule has 1 amide bonds. The number of sulfonamides is 1. The molecular weight excluding hydrogens is 486 g/mol. The van der Waals surface area contributed by atoms with Crippen LogP contribution in [0.5, 0.6) is 5.75 Å². The molecule has 12 nitrogen and oxygen atoms in total. The summed E-state index contributed by atoms with van der Waals surface area (Å²) < 4.78 is 36.0. The Kier molecular flexibility index (Phi) is 6.09. The summed E-state index contributed by atoms with van der Waals surface area (Å²) in [5.74, 6) is 0.170. The maximum absolute atomic E-state index is 13.6. The molecule has 36 heavy (non-hydrogen) atoms. The first-order valence-electron chi connectivity index (χ1n) is 11.9. The number of nitrogens with one attached hydrogen (secondary N) is 1. The van der Waals surface area contributed by atoms with Crippen LogP contribution in [0, 0.1) is 0 Å².